The summed E-state index contributed by atoms with van der Waals surface area (Å²) in [6.07, 6.45) is 3.82. The van der Waals surface area contributed by atoms with E-state index in [1.807, 2.05) is 12.1 Å². The van der Waals surface area contributed by atoms with Gasteiger partial charge in [-0.1, -0.05) is 29.8 Å². The number of aryl methyl sites for hydroxylation is 3. The first-order valence-corrected chi connectivity index (χ1v) is 8.12. The van der Waals surface area contributed by atoms with Crippen molar-refractivity contribution >= 4 is 6.16 Å². The predicted octanol–water partition coefficient (Wildman–Crippen LogP) is 4.32. The second-order valence-electron chi connectivity index (χ2n) is 6.62. The Morgan fingerprint density at radius 3 is 2.35 bits per heavy atom. The first kappa shape index (κ1) is 14.3. The summed E-state index contributed by atoms with van der Waals surface area (Å²) in [5.41, 5.74) is 7.01. The number of benzene rings is 2. The Hall–Kier alpha value is -2.29. The Labute approximate surface area is 136 Å². The fourth-order valence-corrected chi connectivity index (χ4v) is 4.28. The maximum absolute atomic E-state index is 11.4. The van der Waals surface area contributed by atoms with Gasteiger partial charge in [0, 0.05) is 5.41 Å². The number of carbonyl (C=O) groups is 1. The molecule has 3 nitrogen and oxygen atoms in total. The van der Waals surface area contributed by atoms with Crippen LogP contribution in [0.25, 0.3) is 0 Å². The van der Waals surface area contributed by atoms with Gasteiger partial charge < -0.3 is 9.47 Å². The summed E-state index contributed by atoms with van der Waals surface area (Å²) in [4.78, 5) is 11.4. The van der Waals surface area contributed by atoms with Gasteiger partial charge in [0.05, 0.1) is 7.11 Å². The molecule has 2 aliphatic rings. The average molecular weight is 308 g/mol. The zero-order chi connectivity index (χ0) is 16.0. The van der Waals surface area contributed by atoms with Crippen molar-refractivity contribution in [2.45, 2.75) is 38.0 Å². The highest BCUT2D eigenvalue weighted by atomic mass is 16.7. The van der Waals surface area contributed by atoms with Gasteiger partial charge in [-0.25, -0.2) is 4.79 Å². The molecule has 2 aromatic carbocycles. The van der Waals surface area contributed by atoms with Crippen LogP contribution in [-0.4, -0.2) is 13.3 Å². The molecule has 118 valence electrons. The van der Waals surface area contributed by atoms with Gasteiger partial charge in [0.15, 0.2) is 0 Å². The van der Waals surface area contributed by atoms with Crippen LogP contribution in [0.3, 0.4) is 0 Å². The van der Waals surface area contributed by atoms with E-state index in [9.17, 15) is 4.79 Å². The number of hydrogen-bond donors (Lipinski definition) is 0. The van der Waals surface area contributed by atoms with Gasteiger partial charge in [0.1, 0.15) is 5.75 Å². The molecule has 1 spiro atoms. The molecule has 0 bridgehead atoms. The Morgan fingerprint density at radius 2 is 1.65 bits per heavy atom. The first-order valence-electron chi connectivity index (χ1n) is 8.12. The summed E-state index contributed by atoms with van der Waals surface area (Å²) in [6, 6.07) is 12.8. The third-order valence-corrected chi connectivity index (χ3v) is 5.39. The van der Waals surface area contributed by atoms with Gasteiger partial charge in [-0.3, -0.25) is 0 Å². The van der Waals surface area contributed by atoms with E-state index >= 15 is 0 Å². The molecule has 0 radical (unpaired) electrons. The van der Waals surface area contributed by atoms with Crippen molar-refractivity contribution in [2.75, 3.05) is 7.11 Å². The quantitative estimate of drug-likeness (QED) is 0.581. The highest BCUT2D eigenvalue weighted by molar-refractivity contribution is 5.64. The van der Waals surface area contributed by atoms with Gasteiger partial charge in [-0.15, -0.1) is 0 Å². The third kappa shape index (κ3) is 2.14. The molecule has 4 rings (SSSR count). The van der Waals surface area contributed by atoms with E-state index in [2.05, 4.69) is 35.9 Å². The van der Waals surface area contributed by atoms with Gasteiger partial charge in [-0.05, 0) is 67.0 Å². The number of fused-ring (bicyclic) bond motifs is 4. The Bertz CT molecular complexity index is 789. The minimum absolute atomic E-state index is 0.0895. The van der Waals surface area contributed by atoms with Crippen LogP contribution >= 0.6 is 0 Å². The van der Waals surface area contributed by atoms with Gasteiger partial charge in [-0.2, -0.15) is 0 Å². The molecule has 3 heteroatoms. The lowest BCUT2D eigenvalue weighted by molar-refractivity contribution is 0.121. The number of ether oxygens (including phenoxy) is 2. The van der Waals surface area contributed by atoms with Crippen molar-refractivity contribution in [2.24, 2.45) is 0 Å². The summed E-state index contributed by atoms with van der Waals surface area (Å²) in [7, 11) is 1.33. The second kappa shape index (κ2) is 5.12. The second-order valence-corrected chi connectivity index (χ2v) is 6.62. The third-order valence-electron chi connectivity index (χ3n) is 5.39. The van der Waals surface area contributed by atoms with E-state index in [0.29, 0.717) is 5.75 Å². The standard InChI is InChI=1S/C20H20O3/c1-13-3-4-14-7-9-20(17(14)11-13)10-8-15-5-6-16(12-18(15)20)23-19(21)22-2/h3-6,11-12H,7-10H2,1-2H3. The smallest absolute Gasteiger partial charge is 0.437 e. The van der Waals surface area contributed by atoms with E-state index in [4.69, 9.17) is 4.74 Å². The molecule has 1 atom stereocenters. The van der Waals surface area contributed by atoms with Crippen molar-refractivity contribution in [1.29, 1.82) is 0 Å². The molecule has 0 saturated carbocycles. The van der Waals surface area contributed by atoms with Crippen molar-refractivity contribution in [3.8, 4) is 5.75 Å². The molecule has 0 N–H and O–H groups in total. The highest BCUT2D eigenvalue weighted by Gasteiger charge is 2.44. The molecule has 0 amide bonds. The van der Waals surface area contributed by atoms with Crippen LogP contribution in [0.15, 0.2) is 36.4 Å². The van der Waals surface area contributed by atoms with Crippen molar-refractivity contribution in [1.82, 2.24) is 0 Å². The summed E-state index contributed by atoms with van der Waals surface area (Å²) >= 11 is 0. The number of methoxy groups -OCH3 is 1. The van der Waals surface area contributed by atoms with Crippen molar-refractivity contribution < 1.29 is 14.3 Å². The SMILES string of the molecule is COC(=O)Oc1ccc2c(c1)C1(CCc3ccc(C)cc31)CC2. The van der Waals surface area contributed by atoms with Crippen LogP contribution in [0.1, 0.15) is 40.7 Å². The van der Waals surface area contributed by atoms with E-state index in [1.165, 1.54) is 34.9 Å². The van der Waals surface area contributed by atoms with Crippen LogP contribution in [0.2, 0.25) is 0 Å². The normalized spacial score (nSPS) is 21.1. The topological polar surface area (TPSA) is 35.5 Å². The highest BCUT2D eigenvalue weighted by Crippen LogP contribution is 2.53. The molecule has 0 heterocycles. The summed E-state index contributed by atoms with van der Waals surface area (Å²) in [5.74, 6) is 0.568. The van der Waals surface area contributed by atoms with Crippen LogP contribution in [0.5, 0.6) is 5.75 Å². The van der Waals surface area contributed by atoms with Crippen LogP contribution in [0.4, 0.5) is 4.79 Å². The molecule has 23 heavy (non-hydrogen) atoms. The van der Waals surface area contributed by atoms with Crippen molar-refractivity contribution in [3.63, 3.8) is 0 Å². The molecule has 0 aromatic heterocycles. The lowest BCUT2D eigenvalue weighted by Gasteiger charge is -2.27. The molecule has 2 aromatic rings. The first-order chi connectivity index (χ1) is 11.1. The predicted molar refractivity (Wildman–Crippen MR) is 88.1 cm³/mol. The fraction of sp³-hybridized carbons (Fsp3) is 0.350. The minimum atomic E-state index is -0.667. The Kier molecular flexibility index (Phi) is 3.19. The summed E-state index contributed by atoms with van der Waals surface area (Å²) in [6.45, 7) is 2.15. The maximum Gasteiger partial charge on any atom is 0.513 e. The Morgan fingerprint density at radius 1 is 1.00 bits per heavy atom. The van der Waals surface area contributed by atoms with Gasteiger partial charge in [0.25, 0.3) is 0 Å². The monoisotopic (exact) mass is 308 g/mol. The lowest BCUT2D eigenvalue weighted by Crippen LogP contribution is -2.21. The molecule has 2 aliphatic carbocycles. The average Bonchev–Trinajstić information content (AvgIpc) is 3.10. The van der Waals surface area contributed by atoms with Gasteiger partial charge in [0.2, 0.25) is 0 Å². The Balaban J connectivity index is 1.80. The number of carbonyl (C=O) groups excluding carboxylic acids is 1. The van der Waals surface area contributed by atoms with Crippen molar-refractivity contribution in [3.05, 3.63) is 64.2 Å². The summed E-state index contributed by atoms with van der Waals surface area (Å²) in [5, 5.41) is 0. The summed E-state index contributed by atoms with van der Waals surface area (Å²) < 4.78 is 9.84. The lowest BCUT2D eigenvalue weighted by atomic mass is 9.76. The number of hydrogen-bond acceptors (Lipinski definition) is 3. The molecule has 0 aliphatic heterocycles. The van der Waals surface area contributed by atoms with E-state index in [1.54, 1.807) is 0 Å². The van der Waals surface area contributed by atoms with Crippen LogP contribution in [-0.2, 0) is 23.0 Å². The van der Waals surface area contributed by atoms with Crippen LogP contribution < -0.4 is 4.74 Å². The molecular weight excluding hydrogens is 288 g/mol. The molecule has 0 fully saturated rings. The molecule has 0 saturated heterocycles. The zero-order valence-corrected chi connectivity index (χ0v) is 13.5. The van der Waals surface area contributed by atoms with Crippen LogP contribution in [0, 0.1) is 6.92 Å². The fourth-order valence-electron chi connectivity index (χ4n) is 4.28. The molecule has 1 unspecified atom stereocenters. The van der Waals surface area contributed by atoms with E-state index < -0.39 is 6.16 Å². The van der Waals surface area contributed by atoms with Gasteiger partial charge >= 0.3 is 6.16 Å². The zero-order valence-electron chi connectivity index (χ0n) is 13.5. The van der Waals surface area contributed by atoms with E-state index in [0.717, 1.165) is 25.7 Å². The maximum atomic E-state index is 11.4. The number of rotatable bonds is 1. The largest absolute Gasteiger partial charge is 0.513 e. The van der Waals surface area contributed by atoms with E-state index in [-0.39, 0.29) is 5.41 Å². The minimum Gasteiger partial charge on any atom is -0.437 e. The molecular formula is C20H20O3.